The van der Waals surface area contributed by atoms with E-state index < -0.39 is 0 Å². The second-order valence-electron chi connectivity index (χ2n) is 6.66. The van der Waals surface area contributed by atoms with Gasteiger partial charge in [0.1, 0.15) is 6.04 Å². The lowest BCUT2D eigenvalue weighted by molar-refractivity contribution is -0.154. The predicted molar refractivity (Wildman–Crippen MR) is 76.5 cm³/mol. The fourth-order valence-electron chi connectivity index (χ4n) is 4.43. The Morgan fingerprint density at radius 1 is 1.20 bits per heavy atom. The lowest BCUT2D eigenvalue weighted by atomic mass is 9.86. The molecule has 4 nitrogen and oxygen atoms in total. The molecular weight excluding hydrogens is 254 g/mol. The molecule has 0 radical (unpaired) electrons. The summed E-state index contributed by atoms with van der Waals surface area (Å²) in [4.78, 5) is 14.5. The van der Waals surface area contributed by atoms with Crippen LogP contribution in [-0.4, -0.2) is 48.8 Å². The summed E-state index contributed by atoms with van der Waals surface area (Å²) in [6, 6.07) is 0.488. The summed E-state index contributed by atoms with van der Waals surface area (Å²) >= 11 is 0. The fraction of sp³-hybridized carbons (Fsp3) is 0.938. The zero-order valence-electron chi connectivity index (χ0n) is 12.6. The zero-order chi connectivity index (χ0) is 14.0. The van der Waals surface area contributed by atoms with Crippen molar-refractivity contribution < 1.29 is 14.3 Å². The molecule has 2 heterocycles. The van der Waals surface area contributed by atoms with Crippen molar-refractivity contribution in [1.29, 1.82) is 0 Å². The van der Waals surface area contributed by atoms with E-state index in [0.717, 1.165) is 38.8 Å². The molecule has 20 heavy (non-hydrogen) atoms. The van der Waals surface area contributed by atoms with Crippen LogP contribution in [0.4, 0.5) is 0 Å². The number of methoxy groups -OCH3 is 1. The first-order chi connectivity index (χ1) is 9.74. The molecule has 0 aromatic carbocycles. The Labute approximate surface area is 121 Å². The van der Waals surface area contributed by atoms with Crippen LogP contribution < -0.4 is 0 Å². The van der Waals surface area contributed by atoms with Gasteiger partial charge in [0.05, 0.1) is 12.7 Å². The van der Waals surface area contributed by atoms with Crippen LogP contribution in [0.15, 0.2) is 0 Å². The number of likely N-dealkylation sites (tertiary alicyclic amines) is 1. The zero-order valence-corrected chi connectivity index (χ0v) is 12.6. The third kappa shape index (κ3) is 2.73. The van der Waals surface area contributed by atoms with E-state index in [1.54, 1.807) is 0 Å². The number of rotatable bonds is 2. The maximum Gasteiger partial charge on any atom is 0.323 e. The number of carbonyl (C=O) groups is 1. The van der Waals surface area contributed by atoms with Crippen LogP contribution in [0.1, 0.15) is 57.8 Å². The first-order valence-corrected chi connectivity index (χ1v) is 8.22. The maximum atomic E-state index is 12.0. The summed E-state index contributed by atoms with van der Waals surface area (Å²) in [6.45, 7) is 1.90. The van der Waals surface area contributed by atoms with Crippen LogP contribution in [0.2, 0.25) is 0 Å². The molecule has 0 N–H and O–H groups in total. The highest BCUT2D eigenvalue weighted by Gasteiger charge is 2.44. The van der Waals surface area contributed by atoms with Crippen molar-refractivity contribution >= 4 is 5.97 Å². The van der Waals surface area contributed by atoms with Crippen LogP contribution in [-0.2, 0) is 14.3 Å². The van der Waals surface area contributed by atoms with Crippen LogP contribution in [0.3, 0.4) is 0 Å². The van der Waals surface area contributed by atoms with E-state index in [0.29, 0.717) is 6.04 Å². The molecule has 1 unspecified atom stereocenters. The van der Waals surface area contributed by atoms with Gasteiger partial charge in [-0.15, -0.1) is 0 Å². The van der Waals surface area contributed by atoms with Gasteiger partial charge in [0, 0.05) is 12.6 Å². The maximum absolute atomic E-state index is 12.0. The third-order valence-corrected chi connectivity index (χ3v) is 5.47. The van der Waals surface area contributed by atoms with Gasteiger partial charge in [-0.2, -0.15) is 0 Å². The molecule has 3 fully saturated rings. The first-order valence-electron chi connectivity index (χ1n) is 8.22. The summed E-state index contributed by atoms with van der Waals surface area (Å²) in [6.07, 6.45) is 10.5. The van der Waals surface area contributed by atoms with E-state index in [2.05, 4.69) is 4.90 Å². The van der Waals surface area contributed by atoms with E-state index in [1.165, 1.54) is 39.2 Å². The molecule has 0 aromatic heterocycles. The topological polar surface area (TPSA) is 38.8 Å². The van der Waals surface area contributed by atoms with Crippen molar-refractivity contribution in [2.45, 2.75) is 75.5 Å². The second kappa shape index (κ2) is 6.02. The lowest BCUT2D eigenvalue weighted by Gasteiger charge is -2.46. The molecule has 4 heteroatoms. The molecule has 0 amide bonds. The van der Waals surface area contributed by atoms with E-state index in [4.69, 9.17) is 9.47 Å². The number of esters is 1. The van der Waals surface area contributed by atoms with Crippen molar-refractivity contribution in [2.75, 3.05) is 20.3 Å². The Kier molecular flexibility index (Phi) is 4.32. The van der Waals surface area contributed by atoms with E-state index in [9.17, 15) is 4.79 Å². The van der Waals surface area contributed by atoms with Gasteiger partial charge in [-0.3, -0.25) is 9.69 Å². The van der Waals surface area contributed by atoms with Gasteiger partial charge in [-0.1, -0.05) is 19.3 Å². The number of piperidine rings is 1. The molecule has 3 rings (SSSR count). The number of ether oxygens (including phenoxy) is 2. The summed E-state index contributed by atoms with van der Waals surface area (Å²) in [5, 5.41) is 0. The highest BCUT2D eigenvalue weighted by atomic mass is 16.5. The number of nitrogens with zero attached hydrogens (tertiary/aromatic N) is 1. The standard InChI is InChI=1S/C16H27NO3/c1-19-15(18)14-6-2-5-10-17(14)13-7-11-20-16(12-13)8-3-4-9-16/h13-14H,2-12H2,1H3/t13?,14-/m1/s1. The van der Waals surface area contributed by atoms with E-state index >= 15 is 0 Å². The van der Waals surface area contributed by atoms with Crippen LogP contribution in [0.25, 0.3) is 0 Å². The van der Waals surface area contributed by atoms with E-state index in [1.807, 2.05) is 0 Å². The van der Waals surface area contributed by atoms with Crippen molar-refractivity contribution in [2.24, 2.45) is 0 Å². The Bertz CT molecular complexity index is 352. The second-order valence-corrected chi connectivity index (χ2v) is 6.66. The molecular formula is C16H27NO3. The van der Waals surface area contributed by atoms with Gasteiger partial charge in [0.15, 0.2) is 0 Å². The highest BCUT2D eigenvalue weighted by Crippen LogP contribution is 2.42. The quantitative estimate of drug-likeness (QED) is 0.729. The monoisotopic (exact) mass is 281 g/mol. The molecule has 2 aliphatic heterocycles. The lowest BCUT2D eigenvalue weighted by Crippen LogP contribution is -2.55. The van der Waals surface area contributed by atoms with Gasteiger partial charge >= 0.3 is 5.97 Å². The van der Waals surface area contributed by atoms with Gasteiger partial charge in [0.2, 0.25) is 0 Å². The molecule has 0 bridgehead atoms. The summed E-state index contributed by atoms with van der Waals surface area (Å²) in [5.41, 5.74) is 0.126. The van der Waals surface area contributed by atoms with Crippen molar-refractivity contribution in [1.82, 2.24) is 4.90 Å². The third-order valence-electron chi connectivity index (χ3n) is 5.47. The first kappa shape index (κ1) is 14.3. The average Bonchev–Trinajstić information content (AvgIpc) is 2.94. The predicted octanol–water partition coefficient (Wildman–Crippen LogP) is 2.51. The molecule has 1 aliphatic carbocycles. The highest BCUT2D eigenvalue weighted by molar-refractivity contribution is 5.75. The Hall–Kier alpha value is -0.610. The normalized spacial score (nSPS) is 34.2. The molecule has 2 saturated heterocycles. The smallest absolute Gasteiger partial charge is 0.323 e. The Morgan fingerprint density at radius 3 is 2.75 bits per heavy atom. The minimum atomic E-state index is -0.0448. The largest absolute Gasteiger partial charge is 0.468 e. The van der Waals surface area contributed by atoms with Gasteiger partial charge < -0.3 is 9.47 Å². The molecule has 3 aliphatic rings. The average molecular weight is 281 g/mol. The SMILES string of the molecule is COC(=O)[C@H]1CCCCN1C1CCOC2(CCCC2)C1. The number of hydrogen-bond acceptors (Lipinski definition) is 4. The van der Waals surface area contributed by atoms with Crippen molar-refractivity contribution in [3.63, 3.8) is 0 Å². The molecule has 0 aromatic rings. The minimum absolute atomic E-state index is 0.0182. The molecule has 114 valence electrons. The van der Waals surface area contributed by atoms with Gasteiger partial charge in [-0.05, 0) is 45.1 Å². The van der Waals surface area contributed by atoms with Crippen molar-refractivity contribution in [3.05, 3.63) is 0 Å². The van der Waals surface area contributed by atoms with Crippen LogP contribution in [0.5, 0.6) is 0 Å². The number of carbonyl (C=O) groups excluding carboxylic acids is 1. The summed E-state index contributed by atoms with van der Waals surface area (Å²) in [5.74, 6) is -0.0448. The molecule has 1 saturated carbocycles. The van der Waals surface area contributed by atoms with Gasteiger partial charge in [0.25, 0.3) is 0 Å². The fourth-order valence-corrected chi connectivity index (χ4v) is 4.43. The Balaban J connectivity index is 1.70. The van der Waals surface area contributed by atoms with Crippen molar-refractivity contribution in [3.8, 4) is 0 Å². The van der Waals surface area contributed by atoms with E-state index in [-0.39, 0.29) is 17.6 Å². The van der Waals surface area contributed by atoms with Crippen LogP contribution in [0, 0.1) is 0 Å². The van der Waals surface area contributed by atoms with Gasteiger partial charge in [-0.25, -0.2) is 0 Å². The number of hydrogen-bond donors (Lipinski definition) is 0. The summed E-state index contributed by atoms with van der Waals surface area (Å²) < 4.78 is 11.1. The minimum Gasteiger partial charge on any atom is -0.468 e. The summed E-state index contributed by atoms with van der Waals surface area (Å²) in [7, 11) is 1.51. The molecule has 2 atom stereocenters. The Morgan fingerprint density at radius 2 is 2.00 bits per heavy atom. The molecule has 1 spiro atoms. The van der Waals surface area contributed by atoms with Crippen LogP contribution >= 0.6 is 0 Å².